The summed E-state index contributed by atoms with van der Waals surface area (Å²) in [6, 6.07) is -4.14. The van der Waals surface area contributed by atoms with Crippen LogP contribution in [0.15, 0.2) is 25.0 Å². The van der Waals surface area contributed by atoms with Gasteiger partial charge >= 0.3 is 5.97 Å². The molecule has 0 bridgehead atoms. The molecule has 2 aromatic rings. The molecule has 2 heterocycles. The standard InChI is InChI=1S/C23H37N9O5S/c1-38-7-5-17(21(34)31-18(23(36)37)4-2-3-6-24)30-22(35)19(9-15-11-27-13-29-15)32-20(33)16(25)8-14-10-26-12-28-14/h10-13,16-19H,2-9,24-25H2,1H3,(H,26,28)(H,27,29)(H,30,35)(H,31,34)(H,32,33)(H,36,37). The molecule has 0 saturated heterocycles. The molecular weight excluding hydrogens is 514 g/mol. The summed E-state index contributed by atoms with van der Waals surface area (Å²) < 4.78 is 0. The van der Waals surface area contributed by atoms with E-state index in [1.165, 1.54) is 30.6 Å². The summed E-state index contributed by atoms with van der Waals surface area (Å²) in [4.78, 5) is 64.4. The van der Waals surface area contributed by atoms with E-state index in [2.05, 4.69) is 35.9 Å². The van der Waals surface area contributed by atoms with Crippen molar-refractivity contribution in [1.82, 2.24) is 35.9 Å². The Morgan fingerprint density at radius 2 is 1.47 bits per heavy atom. The lowest BCUT2D eigenvalue weighted by Gasteiger charge is -2.25. The fourth-order valence-electron chi connectivity index (χ4n) is 3.63. The third kappa shape index (κ3) is 10.5. The molecular formula is C23H37N9O5S. The maximum Gasteiger partial charge on any atom is 0.326 e. The number of unbranched alkanes of at least 4 members (excludes halogenated alkanes) is 1. The second-order valence-electron chi connectivity index (χ2n) is 8.76. The highest BCUT2D eigenvalue weighted by Gasteiger charge is 2.30. The number of nitrogens with zero attached hydrogens (tertiary/aromatic N) is 2. The van der Waals surface area contributed by atoms with Crippen LogP contribution in [0.2, 0.25) is 0 Å². The number of aliphatic carboxylic acids is 1. The minimum Gasteiger partial charge on any atom is -0.480 e. The maximum absolute atomic E-state index is 13.3. The lowest BCUT2D eigenvalue weighted by molar-refractivity contribution is -0.142. The molecule has 15 heteroatoms. The molecule has 0 fully saturated rings. The SMILES string of the molecule is CSCCC(NC(=O)C(Cc1cnc[nH]1)NC(=O)C(N)Cc1cnc[nH]1)C(=O)NC(CCCCN)C(=O)O. The van der Waals surface area contributed by atoms with Gasteiger partial charge in [0.25, 0.3) is 0 Å². The Hall–Kier alpha value is -3.43. The van der Waals surface area contributed by atoms with Gasteiger partial charge in [0.1, 0.15) is 18.1 Å². The normalized spacial score (nSPS) is 14.2. The molecule has 4 unspecified atom stereocenters. The van der Waals surface area contributed by atoms with Crippen LogP contribution in [0, 0.1) is 0 Å². The number of aromatic amines is 2. The number of H-pyrrole nitrogens is 2. The van der Waals surface area contributed by atoms with E-state index in [1.807, 2.05) is 6.26 Å². The van der Waals surface area contributed by atoms with Crippen molar-refractivity contribution in [3.8, 4) is 0 Å². The summed E-state index contributed by atoms with van der Waals surface area (Å²) in [6.07, 6.45) is 9.74. The Balaban J connectivity index is 2.12. The van der Waals surface area contributed by atoms with E-state index in [0.29, 0.717) is 36.5 Å². The van der Waals surface area contributed by atoms with Gasteiger partial charge in [-0.3, -0.25) is 14.4 Å². The van der Waals surface area contributed by atoms with Crippen LogP contribution in [-0.2, 0) is 32.0 Å². The minimum absolute atomic E-state index is 0.0715. The van der Waals surface area contributed by atoms with Crippen LogP contribution in [0.5, 0.6) is 0 Å². The Morgan fingerprint density at radius 1 is 0.895 bits per heavy atom. The molecule has 0 aliphatic heterocycles. The van der Waals surface area contributed by atoms with Gasteiger partial charge in [0.05, 0.1) is 18.7 Å². The van der Waals surface area contributed by atoms with E-state index in [9.17, 15) is 24.3 Å². The molecule has 0 spiro atoms. The Bertz CT molecular complexity index is 1000. The summed E-state index contributed by atoms with van der Waals surface area (Å²) in [6.45, 7) is 0.418. The zero-order valence-corrected chi connectivity index (χ0v) is 22.1. The van der Waals surface area contributed by atoms with Crippen LogP contribution in [0.4, 0.5) is 0 Å². The van der Waals surface area contributed by atoms with Crippen LogP contribution < -0.4 is 27.4 Å². The van der Waals surface area contributed by atoms with Gasteiger partial charge in [0, 0.05) is 36.6 Å². The highest BCUT2D eigenvalue weighted by atomic mass is 32.2. The topological polar surface area (TPSA) is 234 Å². The molecule has 0 aliphatic carbocycles. The molecule has 210 valence electrons. The van der Waals surface area contributed by atoms with Gasteiger partial charge in [-0.1, -0.05) is 0 Å². The summed E-state index contributed by atoms with van der Waals surface area (Å²) in [5.74, 6) is -2.42. The first-order chi connectivity index (χ1) is 18.2. The average molecular weight is 552 g/mol. The molecule has 0 aromatic carbocycles. The average Bonchev–Trinajstić information content (AvgIpc) is 3.59. The van der Waals surface area contributed by atoms with Crippen LogP contribution in [-0.4, -0.2) is 91.5 Å². The van der Waals surface area contributed by atoms with Crippen molar-refractivity contribution < 1.29 is 24.3 Å². The Morgan fingerprint density at radius 3 is 2.03 bits per heavy atom. The first kappa shape index (κ1) is 30.8. The smallest absolute Gasteiger partial charge is 0.326 e. The molecule has 4 atom stereocenters. The first-order valence-electron chi connectivity index (χ1n) is 12.3. The molecule has 14 nitrogen and oxygen atoms in total. The third-order valence-corrected chi connectivity index (χ3v) is 6.39. The molecule has 38 heavy (non-hydrogen) atoms. The minimum atomic E-state index is -1.17. The fraction of sp³-hybridized carbons (Fsp3) is 0.565. The zero-order valence-electron chi connectivity index (χ0n) is 21.3. The Kier molecular flexibility index (Phi) is 13.3. The summed E-state index contributed by atoms with van der Waals surface area (Å²) in [5, 5.41) is 17.4. The number of amides is 3. The number of imidazole rings is 2. The predicted octanol–water partition coefficient (Wildman–Crippen LogP) is -1.33. The number of aromatic nitrogens is 4. The van der Waals surface area contributed by atoms with Crippen molar-refractivity contribution in [3.05, 3.63) is 36.4 Å². The monoisotopic (exact) mass is 551 g/mol. The van der Waals surface area contributed by atoms with E-state index < -0.39 is 47.9 Å². The fourth-order valence-corrected chi connectivity index (χ4v) is 4.10. The molecule has 0 radical (unpaired) electrons. The van der Waals surface area contributed by atoms with E-state index in [-0.39, 0.29) is 25.7 Å². The molecule has 3 amide bonds. The van der Waals surface area contributed by atoms with Gasteiger partial charge < -0.3 is 42.5 Å². The van der Waals surface area contributed by atoms with Crippen molar-refractivity contribution in [2.24, 2.45) is 11.5 Å². The second kappa shape index (κ2) is 16.4. The second-order valence-corrected chi connectivity index (χ2v) is 9.74. The maximum atomic E-state index is 13.3. The number of carboxylic acid groups (broad SMARTS) is 1. The van der Waals surface area contributed by atoms with Gasteiger partial charge in [-0.2, -0.15) is 11.8 Å². The van der Waals surface area contributed by atoms with Crippen LogP contribution in [0.3, 0.4) is 0 Å². The molecule has 2 rings (SSSR count). The van der Waals surface area contributed by atoms with E-state index in [0.717, 1.165) is 0 Å². The highest BCUT2D eigenvalue weighted by Crippen LogP contribution is 2.07. The van der Waals surface area contributed by atoms with Crippen LogP contribution in [0.1, 0.15) is 37.1 Å². The van der Waals surface area contributed by atoms with Gasteiger partial charge in [-0.25, -0.2) is 14.8 Å². The van der Waals surface area contributed by atoms with Gasteiger partial charge in [-0.15, -0.1) is 0 Å². The number of nitrogens with two attached hydrogens (primary N) is 2. The highest BCUT2D eigenvalue weighted by molar-refractivity contribution is 7.98. The molecule has 2 aromatic heterocycles. The third-order valence-electron chi connectivity index (χ3n) is 5.75. The number of carbonyl (C=O) groups excluding carboxylic acids is 3. The molecule has 0 saturated carbocycles. The van der Waals surface area contributed by atoms with Crippen molar-refractivity contribution >= 4 is 35.5 Å². The number of carboxylic acids is 1. The van der Waals surface area contributed by atoms with Crippen LogP contribution >= 0.6 is 11.8 Å². The number of carbonyl (C=O) groups is 4. The number of rotatable bonds is 18. The van der Waals surface area contributed by atoms with E-state index in [1.54, 1.807) is 6.20 Å². The van der Waals surface area contributed by atoms with Crippen molar-refractivity contribution in [2.75, 3.05) is 18.6 Å². The number of nitrogens with one attached hydrogen (secondary N) is 5. The lowest BCUT2D eigenvalue weighted by atomic mass is 10.1. The largest absolute Gasteiger partial charge is 0.480 e. The first-order valence-corrected chi connectivity index (χ1v) is 13.7. The van der Waals surface area contributed by atoms with E-state index >= 15 is 0 Å². The van der Waals surface area contributed by atoms with Crippen molar-refractivity contribution in [1.29, 1.82) is 0 Å². The number of hydrogen-bond acceptors (Lipinski definition) is 9. The quantitative estimate of drug-likeness (QED) is 0.102. The number of hydrogen-bond donors (Lipinski definition) is 8. The molecule has 10 N–H and O–H groups in total. The molecule has 0 aliphatic rings. The van der Waals surface area contributed by atoms with Gasteiger partial charge in [0.15, 0.2) is 0 Å². The predicted molar refractivity (Wildman–Crippen MR) is 142 cm³/mol. The lowest BCUT2D eigenvalue weighted by Crippen LogP contribution is -2.58. The summed E-state index contributed by atoms with van der Waals surface area (Å²) in [7, 11) is 0. The van der Waals surface area contributed by atoms with Gasteiger partial charge in [0.2, 0.25) is 17.7 Å². The van der Waals surface area contributed by atoms with Gasteiger partial charge in [-0.05, 0) is 44.2 Å². The van der Waals surface area contributed by atoms with Crippen LogP contribution in [0.25, 0.3) is 0 Å². The van der Waals surface area contributed by atoms with E-state index in [4.69, 9.17) is 11.5 Å². The van der Waals surface area contributed by atoms with Crippen molar-refractivity contribution in [2.45, 2.75) is 62.7 Å². The van der Waals surface area contributed by atoms with Crippen molar-refractivity contribution in [3.63, 3.8) is 0 Å². The Labute approximate surface area is 224 Å². The number of thioether (sulfide) groups is 1. The zero-order chi connectivity index (χ0) is 27.9. The summed E-state index contributed by atoms with van der Waals surface area (Å²) >= 11 is 1.48. The summed E-state index contributed by atoms with van der Waals surface area (Å²) in [5.41, 5.74) is 12.8.